The molecule has 2 amide bonds. The van der Waals surface area contributed by atoms with Gasteiger partial charge in [0.05, 0.1) is 0 Å². The second-order valence-corrected chi connectivity index (χ2v) is 3.65. The molecule has 0 atom stereocenters. The number of rotatable bonds is 4. The molecule has 0 bridgehead atoms. The summed E-state index contributed by atoms with van der Waals surface area (Å²) in [5.74, 6) is 5.08. The van der Waals surface area contributed by atoms with Gasteiger partial charge in [0, 0.05) is 12.8 Å². The first kappa shape index (κ1) is 12.9. The van der Waals surface area contributed by atoms with E-state index < -0.39 is 0 Å². The number of nitrogens with one attached hydrogen (secondary N) is 1. The quantitative estimate of drug-likeness (QED) is 0.396. The van der Waals surface area contributed by atoms with Gasteiger partial charge in [-0.05, 0) is 12.3 Å². The molecule has 3 N–H and O–H groups in total. The van der Waals surface area contributed by atoms with Crippen molar-refractivity contribution in [2.45, 2.75) is 40.0 Å². The third-order valence-corrected chi connectivity index (χ3v) is 1.57. The fraction of sp³-hybridized carbons (Fsp3) is 0.778. The van der Waals surface area contributed by atoms with Gasteiger partial charge in [-0.25, -0.2) is 5.84 Å². The van der Waals surface area contributed by atoms with Crippen molar-refractivity contribution in [2.24, 2.45) is 11.8 Å². The van der Waals surface area contributed by atoms with Gasteiger partial charge in [-0.3, -0.25) is 15.0 Å². The molecule has 0 aliphatic rings. The lowest BCUT2D eigenvalue weighted by Gasteiger charge is -2.18. The van der Waals surface area contributed by atoms with Gasteiger partial charge >= 0.3 is 0 Å². The molecule has 0 aromatic carbocycles. The smallest absolute Gasteiger partial charge is 0.255 e. The SMILES string of the molecule is CCCC(=O)NN(N)C(=O)CC(C)C. The predicted molar refractivity (Wildman–Crippen MR) is 53.5 cm³/mol. The summed E-state index contributed by atoms with van der Waals surface area (Å²) in [6.07, 6.45) is 1.45. The maximum absolute atomic E-state index is 11.3. The first-order valence-electron chi connectivity index (χ1n) is 4.84. The Morgan fingerprint density at radius 2 is 2.00 bits per heavy atom. The zero-order chi connectivity index (χ0) is 11.1. The van der Waals surface area contributed by atoms with Crippen LogP contribution in [0.25, 0.3) is 0 Å². The Kier molecular flexibility index (Phi) is 5.87. The van der Waals surface area contributed by atoms with Crippen molar-refractivity contribution in [1.82, 2.24) is 10.5 Å². The first-order chi connectivity index (χ1) is 6.47. The van der Waals surface area contributed by atoms with E-state index in [-0.39, 0.29) is 17.7 Å². The van der Waals surface area contributed by atoms with Crippen LogP contribution in [0.4, 0.5) is 0 Å². The lowest BCUT2D eigenvalue weighted by molar-refractivity contribution is -0.142. The summed E-state index contributed by atoms with van der Waals surface area (Å²) in [6, 6.07) is 0. The maximum Gasteiger partial charge on any atom is 0.255 e. The number of hydrogen-bond acceptors (Lipinski definition) is 3. The Balaban J connectivity index is 3.88. The van der Waals surface area contributed by atoms with E-state index in [1.54, 1.807) is 0 Å². The van der Waals surface area contributed by atoms with Gasteiger partial charge in [0.2, 0.25) is 5.91 Å². The van der Waals surface area contributed by atoms with Crippen LogP contribution in [0.2, 0.25) is 0 Å². The molecule has 0 unspecified atom stereocenters. The molecule has 0 radical (unpaired) electrons. The van der Waals surface area contributed by atoms with E-state index in [0.29, 0.717) is 12.8 Å². The van der Waals surface area contributed by atoms with Crippen LogP contribution >= 0.6 is 0 Å². The van der Waals surface area contributed by atoms with E-state index >= 15 is 0 Å². The van der Waals surface area contributed by atoms with Gasteiger partial charge < -0.3 is 0 Å². The molecule has 5 heteroatoms. The molecular formula is C9H19N3O2. The Morgan fingerprint density at radius 3 is 2.43 bits per heavy atom. The minimum absolute atomic E-state index is 0.230. The number of nitrogens with zero attached hydrogens (tertiary/aromatic N) is 1. The number of nitrogens with two attached hydrogens (primary N) is 1. The summed E-state index contributed by atoms with van der Waals surface area (Å²) in [6.45, 7) is 5.72. The normalized spacial score (nSPS) is 10.1. The molecule has 0 saturated heterocycles. The molecule has 0 aliphatic heterocycles. The fourth-order valence-electron chi connectivity index (χ4n) is 0.927. The summed E-state index contributed by atoms with van der Waals surface area (Å²) in [4.78, 5) is 22.3. The lowest BCUT2D eigenvalue weighted by atomic mass is 10.1. The summed E-state index contributed by atoms with van der Waals surface area (Å²) < 4.78 is 0. The molecule has 0 spiro atoms. The van der Waals surface area contributed by atoms with Crippen molar-refractivity contribution in [3.8, 4) is 0 Å². The van der Waals surface area contributed by atoms with Gasteiger partial charge in [0.15, 0.2) is 0 Å². The van der Waals surface area contributed by atoms with Crippen molar-refractivity contribution in [1.29, 1.82) is 0 Å². The Bertz CT molecular complexity index is 204. The van der Waals surface area contributed by atoms with Crippen LogP contribution in [-0.4, -0.2) is 16.9 Å². The van der Waals surface area contributed by atoms with Crippen LogP contribution in [-0.2, 0) is 9.59 Å². The Hall–Kier alpha value is -1.10. The highest BCUT2D eigenvalue weighted by molar-refractivity contribution is 5.81. The second kappa shape index (κ2) is 6.37. The van der Waals surface area contributed by atoms with Gasteiger partial charge in [-0.1, -0.05) is 20.8 Å². The van der Waals surface area contributed by atoms with E-state index in [0.717, 1.165) is 11.5 Å². The Labute approximate surface area is 84.6 Å². The molecule has 0 saturated carbocycles. The van der Waals surface area contributed by atoms with Gasteiger partial charge in [0.25, 0.3) is 5.91 Å². The average Bonchev–Trinajstić information content (AvgIpc) is 2.02. The van der Waals surface area contributed by atoms with Crippen molar-refractivity contribution in [3.05, 3.63) is 0 Å². The van der Waals surface area contributed by atoms with Crippen molar-refractivity contribution in [3.63, 3.8) is 0 Å². The zero-order valence-electron chi connectivity index (χ0n) is 9.04. The fourth-order valence-corrected chi connectivity index (χ4v) is 0.927. The number of carbonyl (C=O) groups excluding carboxylic acids is 2. The molecule has 0 heterocycles. The first-order valence-corrected chi connectivity index (χ1v) is 4.84. The standard InChI is InChI=1S/C9H19N3O2/c1-4-5-8(13)11-12(10)9(14)6-7(2)3/h7H,4-6,10H2,1-3H3,(H,11,13). The zero-order valence-corrected chi connectivity index (χ0v) is 9.04. The Morgan fingerprint density at radius 1 is 1.43 bits per heavy atom. The topological polar surface area (TPSA) is 75.4 Å². The maximum atomic E-state index is 11.3. The molecule has 14 heavy (non-hydrogen) atoms. The average molecular weight is 201 g/mol. The minimum Gasteiger partial charge on any atom is -0.273 e. The second-order valence-electron chi connectivity index (χ2n) is 3.65. The summed E-state index contributed by atoms with van der Waals surface area (Å²) >= 11 is 0. The summed E-state index contributed by atoms with van der Waals surface area (Å²) in [7, 11) is 0. The lowest BCUT2D eigenvalue weighted by Crippen LogP contribution is -2.51. The number of amides is 2. The molecule has 82 valence electrons. The number of carbonyl (C=O) groups is 2. The van der Waals surface area contributed by atoms with E-state index in [1.807, 2.05) is 20.8 Å². The molecule has 0 fully saturated rings. The van der Waals surface area contributed by atoms with Crippen LogP contribution in [0.3, 0.4) is 0 Å². The van der Waals surface area contributed by atoms with E-state index in [1.165, 1.54) is 0 Å². The largest absolute Gasteiger partial charge is 0.273 e. The molecule has 0 aliphatic carbocycles. The summed E-state index contributed by atoms with van der Waals surface area (Å²) in [5, 5.41) is 0.776. The number of hydrogen-bond donors (Lipinski definition) is 2. The monoisotopic (exact) mass is 201 g/mol. The van der Waals surface area contributed by atoms with Crippen LogP contribution in [0.1, 0.15) is 40.0 Å². The van der Waals surface area contributed by atoms with E-state index in [2.05, 4.69) is 5.43 Å². The molecular weight excluding hydrogens is 182 g/mol. The predicted octanol–water partition coefficient (Wildman–Crippen LogP) is 0.566. The minimum atomic E-state index is -0.274. The molecule has 5 nitrogen and oxygen atoms in total. The van der Waals surface area contributed by atoms with Gasteiger partial charge in [-0.2, -0.15) is 5.12 Å². The highest BCUT2D eigenvalue weighted by Crippen LogP contribution is 2.00. The molecule has 0 aromatic rings. The highest BCUT2D eigenvalue weighted by atomic mass is 16.2. The van der Waals surface area contributed by atoms with Crippen LogP contribution in [0, 0.1) is 5.92 Å². The molecule has 0 aromatic heterocycles. The third-order valence-electron chi connectivity index (χ3n) is 1.57. The van der Waals surface area contributed by atoms with Crippen molar-refractivity contribution < 1.29 is 9.59 Å². The van der Waals surface area contributed by atoms with Crippen LogP contribution < -0.4 is 11.3 Å². The summed E-state index contributed by atoms with van der Waals surface area (Å²) in [5.41, 5.74) is 2.31. The van der Waals surface area contributed by atoms with Gasteiger partial charge in [0.1, 0.15) is 0 Å². The van der Waals surface area contributed by atoms with Crippen molar-refractivity contribution >= 4 is 11.8 Å². The third kappa shape index (κ3) is 5.53. The van der Waals surface area contributed by atoms with Gasteiger partial charge in [-0.15, -0.1) is 0 Å². The van der Waals surface area contributed by atoms with Crippen LogP contribution in [0.15, 0.2) is 0 Å². The van der Waals surface area contributed by atoms with E-state index in [9.17, 15) is 9.59 Å². The molecule has 0 rings (SSSR count). The highest BCUT2D eigenvalue weighted by Gasteiger charge is 2.13. The van der Waals surface area contributed by atoms with E-state index in [4.69, 9.17) is 5.84 Å². The van der Waals surface area contributed by atoms with Crippen molar-refractivity contribution in [2.75, 3.05) is 0 Å². The van der Waals surface area contributed by atoms with Crippen LogP contribution in [0.5, 0.6) is 0 Å². The number of hydrazine groups is 2.